The molecule has 0 heterocycles. The molecule has 0 unspecified atom stereocenters. The third-order valence-electron chi connectivity index (χ3n) is 3.75. The van der Waals surface area contributed by atoms with E-state index in [-0.39, 0.29) is 18.4 Å². The van der Waals surface area contributed by atoms with Gasteiger partial charge < -0.3 is 5.32 Å². The van der Waals surface area contributed by atoms with Crippen molar-refractivity contribution in [3.8, 4) is 0 Å². The third-order valence-corrected chi connectivity index (χ3v) is 3.75. The SMILES string of the molecule is CN(CC(=O)NC(=O)NC1CCCC1)Cc1ccccc1F. The van der Waals surface area contributed by atoms with Crippen LogP contribution in [0.15, 0.2) is 24.3 Å². The van der Waals surface area contributed by atoms with Gasteiger partial charge in [0.05, 0.1) is 6.54 Å². The number of halogens is 1. The number of rotatable bonds is 5. The number of hydrogen-bond donors (Lipinski definition) is 2. The Morgan fingerprint density at radius 2 is 1.95 bits per heavy atom. The van der Waals surface area contributed by atoms with Gasteiger partial charge in [0.15, 0.2) is 0 Å². The van der Waals surface area contributed by atoms with E-state index in [1.807, 2.05) is 0 Å². The molecule has 6 heteroatoms. The lowest BCUT2D eigenvalue weighted by Crippen LogP contribution is -2.46. The molecule has 1 aliphatic rings. The maximum Gasteiger partial charge on any atom is 0.321 e. The second-order valence-electron chi connectivity index (χ2n) is 5.77. The average Bonchev–Trinajstić information content (AvgIpc) is 2.93. The lowest BCUT2D eigenvalue weighted by Gasteiger charge is -2.17. The summed E-state index contributed by atoms with van der Waals surface area (Å²) in [5.41, 5.74) is 0.521. The van der Waals surface area contributed by atoms with Gasteiger partial charge in [-0.05, 0) is 26.0 Å². The molecule has 0 radical (unpaired) electrons. The molecule has 0 atom stereocenters. The monoisotopic (exact) mass is 307 g/mol. The van der Waals surface area contributed by atoms with Gasteiger partial charge in [0.2, 0.25) is 5.91 Å². The zero-order chi connectivity index (χ0) is 15.9. The number of nitrogens with one attached hydrogen (secondary N) is 2. The number of likely N-dealkylation sites (N-methyl/N-ethyl adjacent to an activating group) is 1. The van der Waals surface area contributed by atoms with Crippen LogP contribution in [0.2, 0.25) is 0 Å². The Labute approximate surface area is 129 Å². The highest BCUT2D eigenvalue weighted by atomic mass is 19.1. The van der Waals surface area contributed by atoms with E-state index in [2.05, 4.69) is 10.6 Å². The van der Waals surface area contributed by atoms with Crippen molar-refractivity contribution >= 4 is 11.9 Å². The summed E-state index contributed by atoms with van der Waals surface area (Å²) in [5, 5.41) is 5.11. The van der Waals surface area contributed by atoms with Crippen LogP contribution >= 0.6 is 0 Å². The maximum atomic E-state index is 13.5. The number of imide groups is 1. The lowest BCUT2D eigenvalue weighted by molar-refractivity contribution is -0.121. The fourth-order valence-electron chi connectivity index (χ4n) is 2.68. The van der Waals surface area contributed by atoms with Crippen LogP contribution < -0.4 is 10.6 Å². The Bertz CT molecular complexity index is 530. The molecule has 1 aromatic rings. The smallest absolute Gasteiger partial charge is 0.321 e. The van der Waals surface area contributed by atoms with Gasteiger partial charge in [-0.3, -0.25) is 15.0 Å². The first-order valence-electron chi connectivity index (χ1n) is 7.57. The van der Waals surface area contributed by atoms with E-state index in [0.29, 0.717) is 12.1 Å². The summed E-state index contributed by atoms with van der Waals surface area (Å²) in [6, 6.07) is 6.16. The predicted octanol–water partition coefficient (Wildman–Crippen LogP) is 2.03. The van der Waals surface area contributed by atoms with E-state index in [1.165, 1.54) is 6.07 Å². The molecule has 0 aliphatic heterocycles. The molecule has 5 nitrogen and oxygen atoms in total. The summed E-state index contributed by atoms with van der Waals surface area (Å²) in [4.78, 5) is 25.2. The van der Waals surface area contributed by atoms with E-state index in [9.17, 15) is 14.0 Å². The highest BCUT2D eigenvalue weighted by molar-refractivity contribution is 5.95. The molecule has 0 aromatic heterocycles. The van der Waals surface area contributed by atoms with Crippen LogP contribution in [-0.2, 0) is 11.3 Å². The Hall–Kier alpha value is -1.95. The Morgan fingerprint density at radius 1 is 1.27 bits per heavy atom. The first-order chi connectivity index (χ1) is 10.5. The van der Waals surface area contributed by atoms with E-state index < -0.39 is 11.9 Å². The molecule has 1 fully saturated rings. The number of hydrogen-bond acceptors (Lipinski definition) is 3. The minimum atomic E-state index is -0.448. The summed E-state index contributed by atoms with van der Waals surface area (Å²) < 4.78 is 13.5. The van der Waals surface area contributed by atoms with E-state index >= 15 is 0 Å². The van der Waals surface area contributed by atoms with Crippen molar-refractivity contribution in [1.82, 2.24) is 15.5 Å². The van der Waals surface area contributed by atoms with E-state index in [4.69, 9.17) is 0 Å². The van der Waals surface area contributed by atoms with Crippen molar-refractivity contribution in [3.05, 3.63) is 35.6 Å². The van der Waals surface area contributed by atoms with Gasteiger partial charge in [-0.25, -0.2) is 9.18 Å². The molecule has 0 bridgehead atoms. The van der Waals surface area contributed by atoms with Crippen molar-refractivity contribution in [2.75, 3.05) is 13.6 Å². The van der Waals surface area contributed by atoms with Crippen molar-refractivity contribution in [2.24, 2.45) is 0 Å². The quantitative estimate of drug-likeness (QED) is 0.875. The van der Waals surface area contributed by atoms with Gasteiger partial charge in [0, 0.05) is 18.2 Å². The van der Waals surface area contributed by atoms with Crippen molar-refractivity contribution in [3.63, 3.8) is 0 Å². The number of amides is 3. The Balaban J connectivity index is 1.73. The van der Waals surface area contributed by atoms with Crippen molar-refractivity contribution < 1.29 is 14.0 Å². The molecule has 2 rings (SSSR count). The molecule has 2 N–H and O–H groups in total. The molecule has 0 saturated heterocycles. The van der Waals surface area contributed by atoms with Crippen molar-refractivity contribution in [2.45, 2.75) is 38.3 Å². The summed E-state index contributed by atoms with van der Waals surface area (Å²) in [6.45, 7) is 0.344. The average molecular weight is 307 g/mol. The summed E-state index contributed by atoms with van der Waals surface area (Å²) >= 11 is 0. The largest absolute Gasteiger partial charge is 0.335 e. The van der Waals surface area contributed by atoms with Gasteiger partial charge >= 0.3 is 6.03 Å². The second-order valence-corrected chi connectivity index (χ2v) is 5.77. The fourth-order valence-corrected chi connectivity index (χ4v) is 2.68. The van der Waals surface area contributed by atoms with Crippen molar-refractivity contribution in [1.29, 1.82) is 0 Å². The Kier molecular flexibility index (Phi) is 5.89. The van der Waals surface area contributed by atoms with Gasteiger partial charge in [-0.1, -0.05) is 31.0 Å². The molecular formula is C16H22FN3O2. The standard InChI is InChI=1S/C16H22FN3O2/c1-20(10-12-6-2-5-9-14(12)17)11-15(21)19-16(22)18-13-7-3-4-8-13/h2,5-6,9,13H,3-4,7-8,10-11H2,1H3,(H2,18,19,21,22). The maximum absolute atomic E-state index is 13.5. The minimum Gasteiger partial charge on any atom is -0.335 e. The van der Waals surface area contributed by atoms with Crippen LogP contribution in [0.5, 0.6) is 0 Å². The fraction of sp³-hybridized carbons (Fsp3) is 0.500. The van der Waals surface area contributed by atoms with Crippen LogP contribution in [-0.4, -0.2) is 36.5 Å². The summed E-state index contributed by atoms with van der Waals surface area (Å²) in [7, 11) is 1.71. The lowest BCUT2D eigenvalue weighted by atomic mass is 10.2. The number of urea groups is 1. The van der Waals surface area contributed by atoms with Gasteiger partial charge in [0.1, 0.15) is 5.82 Å². The molecule has 3 amide bonds. The van der Waals surface area contributed by atoms with Crippen LogP contribution in [0, 0.1) is 5.82 Å². The highest BCUT2D eigenvalue weighted by Gasteiger charge is 2.18. The summed E-state index contributed by atoms with van der Waals surface area (Å²) in [5.74, 6) is -0.692. The predicted molar refractivity (Wildman–Crippen MR) is 81.7 cm³/mol. The first kappa shape index (κ1) is 16.4. The third kappa shape index (κ3) is 5.11. The molecule has 1 aromatic carbocycles. The van der Waals surface area contributed by atoms with Crippen LogP contribution in [0.25, 0.3) is 0 Å². The second kappa shape index (κ2) is 7.89. The van der Waals surface area contributed by atoms with Crippen LogP contribution in [0.4, 0.5) is 9.18 Å². The molecule has 1 aliphatic carbocycles. The van der Waals surface area contributed by atoms with Gasteiger partial charge in [0.25, 0.3) is 0 Å². The molecular weight excluding hydrogens is 285 g/mol. The molecule has 1 saturated carbocycles. The molecule has 0 spiro atoms. The molecule has 120 valence electrons. The first-order valence-corrected chi connectivity index (χ1v) is 7.57. The normalized spacial score (nSPS) is 15.0. The Morgan fingerprint density at radius 3 is 2.64 bits per heavy atom. The highest BCUT2D eigenvalue weighted by Crippen LogP contribution is 2.17. The van der Waals surface area contributed by atoms with E-state index in [0.717, 1.165) is 25.7 Å². The van der Waals surface area contributed by atoms with Gasteiger partial charge in [-0.15, -0.1) is 0 Å². The van der Waals surface area contributed by atoms with E-state index in [1.54, 1.807) is 30.1 Å². The number of carbonyl (C=O) groups is 2. The number of carbonyl (C=O) groups excluding carboxylic acids is 2. The van der Waals surface area contributed by atoms with Gasteiger partial charge in [-0.2, -0.15) is 0 Å². The van der Waals surface area contributed by atoms with Crippen LogP contribution in [0.1, 0.15) is 31.2 Å². The summed E-state index contributed by atoms with van der Waals surface area (Å²) in [6.07, 6.45) is 4.16. The zero-order valence-electron chi connectivity index (χ0n) is 12.8. The molecule has 22 heavy (non-hydrogen) atoms. The number of nitrogens with zero attached hydrogens (tertiary/aromatic N) is 1. The topological polar surface area (TPSA) is 61.4 Å². The zero-order valence-corrected chi connectivity index (χ0v) is 12.8. The van der Waals surface area contributed by atoms with Crippen LogP contribution in [0.3, 0.4) is 0 Å². The minimum absolute atomic E-state index is 0.0341. The number of benzene rings is 1.